The summed E-state index contributed by atoms with van der Waals surface area (Å²) in [6, 6.07) is 1.62. The summed E-state index contributed by atoms with van der Waals surface area (Å²) < 4.78 is 37.7. The van der Waals surface area contributed by atoms with Crippen LogP contribution in [0.3, 0.4) is 0 Å². The molecule has 0 aliphatic rings. The summed E-state index contributed by atoms with van der Waals surface area (Å²) in [4.78, 5) is 9.63. The summed E-state index contributed by atoms with van der Waals surface area (Å²) >= 11 is 5.77. The fourth-order valence-corrected chi connectivity index (χ4v) is 2.12. The minimum Gasteiger partial charge on any atom is -0.258 e. The van der Waals surface area contributed by atoms with E-state index in [-0.39, 0.29) is 15.4 Å². The zero-order valence-electron chi connectivity index (χ0n) is 7.52. The van der Waals surface area contributed by atoms with E-state index in [1.165, 1.54) is 0 Å². The number of benzene rings is 1. The summed E-state index contributed by atoms with van der Waals surface area (Å²) in [5, 5.41) is 10.5. The molecule has 0 bridgehead atoms. The van der Waals surface area contributed by atoms with Crippen LogP contribution < -0.4 is 0 Å². The number of rotatable bonds is 2. The maximum absolute atomic E-state index is 12.6. The number of hydrogen-bond acceptors (Lipinski definition) is 2. The van der Waals surface area contributed by atoms with Crippen molar-refractivity contribution >= 4 is 37.5 Å². The number of halogens is 5. The van der Waals surface area contributed by atoms with Crippen LogP contribution in [0, 0.1) is 10.1 Å². The van der Waals surface area contributed by atoms with Crippen LogP contribution in [0.1, 0.15) is 11.1 Å². The van der Waals surface area contributed by atoms with Crippen molar-refractivity contribution in [3.63, 3.8) is 0 Å². The second-order valence-electron chi connectivity index (χ2n) is 2.85. The van der Waals surface area contributed by atoms with Crippen molar-refractivity contribution in [2.75, 3.05) is 0 Å². The monoisotopic (exact) mass is 361 g/mol. The van der Waals surface area contributed by atoms with Gasteiger partial charge in [0, 0.05) is 11.4 Å². The average Bonchev–Trinajstić information content (AvgIpc) is 2.14. The standard InChI is InChI=1S/C8H4Br2F3NO2/c9-3-4-1-6(10)7(14(15)16)2-5(4)8(11,12)13/h1-2H,3H2. The van der Waals surface area contributed by atoms with Gasteiger partial charge in [-0.25, -0.2) is 0 Å². The zero-order chi connectivity index (χ0) is 12.5. The molecule has 0 unspecified atom stereocenters. The van der Waals surface area contributed by atoms with Crippen molar-refractivity contribution < 1.29 is 18.1 Å². The molecule has 1 rings (SSSR count). The summed E-state index contributed by atoms with van der Waals surface area (Å²) in [5.41, 5.74) is -1.65. The summed E-state index contributed by atoms with van der Waals surface area (Å²) in [5.74, 6) is 0. The van der Waals surface area contributed by atoms with Crippen molar-refractivity contribution in [3.8, 4) is 0 Å². The van der Waals surface area contributed by atoms with Crippen LogP contribution in [-0.4, -0.2) is 4.92 Å². The Morgan fingerprint density at radius 1 is 1.38 bits per heavy atom. The van der Waals surface area contributed by atoms with Crippen molar-refractivity contribution in [1.82, 2.24) is 0 Å². The van der Waals surface area contributed by atoms with Crippen LogP contribution in [0.5, 0.6) is 0 Å². The average molecular weight is 363 g/mol. The van der Waals surface area contributed by atoms with Gasteiger partial charge in [-0.3, -0.25) is 10.1 Å². The lowest BCUT2D eigenvalue weighted by molar-refractivity contribution is -0.385. The van der Waals surface area contributed by atoms with E-state index in [1.54, 1.807) is 0 Å². The Labute approximate surface area is 105 Å². The first-order chi connectivity index (χ1) is 7.27. The van der Waals surface area contributed by atoms with Gasteiger partial charge in [0.15, 0.2) is 0 Å². The molecule has 0 radical (unpaired) electrons. The Kier molecular flexibility index (Phi) is 3.95. The molecule has 0 atom stereocenters. The van der Waals surface area contributed by atoms with Crippen molar-refractivity contribution in [1.29, 1.82) is 0 Å². The Bertz CT molecular complexity index is 434. The van der Waals surface area contributed by atoms with E-state index in [0.717, 1.165) is 6.07 Å². The molecular formula is C8H4Br2F3NO2. The molecule has 88 valence electrons. The molecule has 1 aromatic rings. The molecule has 0 fully saturated rings. The van der Waals surface area contributed by atoms with E-state index in [1.807, 2.05) is 0 Å². The molecule has 0 aromatic heterocycles. The maximum Gasteiger partial charge on any atom is 0.416 e. The van der Waals surface area contributed by atoms with Gasteiger partial charge in [-0.15, -0.1) is 0 Å². The van der Waals surface area contributed by atoms with Gasteiger partial charge < -0.3 is 0 Å². The van der Waals surface area contributed by atoms with Crippen LogP contribution in [0.25, 0.3) is 0 Å². The molecule has 0 aliphatic heterocycles. The Balaban J connectivity index is 3.47. The van der Waals surface area contributed by atoms with E-state index < -0.39 is 22.4 Å². The minimum atomic E-state index is -4.60. The number of nitrogens with zero attached hydrogens (tertiary/aromatic N) is 1. The summed E-state index contributed by atoms with van der Waals surface area (Å²) in [7, 11) is 0. The van der Waals surface area contributed by atoms with E-state index in [2.05, 4.69) is 31.9 Å². The highest BCUT2D eigenvalue weighted by molar-refractivity contribution is 9.10. The van der Waals surface area contributed by atoms with Crippen molar-refractivity contribution in [3.05, 3.63) is 37.8 Å². The molecule has 3 nitrogen and oxygen atoms in total. The SMILES string of the molecule is O=[N+]([O-])c1cc(C(F)(F)F)c(CBr)cc1Br. The second-order valence-corrected chi connectivity index (χ2v) is 4.26. The maximum atomic E-state index is 12.6. The summed E-state index contributed by atoms with van der Waals surface area (Å²) in [6.45, 7) is 0. The lowest BCUT2D eigenvalue weighted by Crippen LogP contribution is -2.09. The van der Waals surface area contributed by atoms with E-state index in [9.17, 15) is 23.3 Å². The summed E-state index contributed by atoms with van der Waals surface area (Å²) in [6.07, 6.45) is -4.60. The lowest BCUT2D eigenvalue weighted by atomic mass is 10.1. The number of nitro benzene ring substituents is 1. The molecule has 0 saturated heterocycles. The second kappa shape index (κ2) is 4.70. The van der Waals surface area contributed by atoms with Crippen LogP contribution in [0.2, 0.25) is 0 Å². The number of nitro groups is 1. The van der Waals surface area contributed by atoms with Crippen molar-refractivity contribution in [2.24, 2.45) is 0 Å². The van der Waals surface area contributed by atoms with Crippen LogP contribution in [0.15, 0.2) is 16.6 Å². The molecule has 0 aliphatic carbocycles. The smallest absolute Gasteiger partial charge is 0.258 e. The Morgan fingerprint density at radius 2 is 1.94 bits per heavy atom. The van der Waals surface area contributed by atoms with Gasteiger partial charge in [-0.05, 0) is 27.6 Å². The predicted octanol–water partition coefficient (Wildman–Crippen LogP) is 4.27. The normalized spacial score (nSPS) is 11.6. The van der Waals surface area contributed by atoms with E-state index >= 15 is 0 Å². The quantitative estimate of drug-likeness (QED) is 0.448. The first kappa shape index (κ1) is 13.4. The third-order valence-corrected chi connectivity index (χ3v) is 3.06. The van der Waals surface area contributed by atoms with Gasteiger partial charge in [0.2, 0.25) is 0 Å². The predicted molar refractivity (Wildman–Crippen MR) is 58.4 cm³/mol. The van der Waals surface area contributed by atoms with Crippen LogP contribution in [-0.2, 0) is 11.5 Å². The Hall–Kier alpha value is -0.630. The van der Waals surface area contributed by atoms with Gasteiger partial charge in [-0.1, -0.05) is 15.9 Å². The van der Waals surface area contributed by atoms with E-state index in [4.69, 9.17) is 0 Å². The number of hydrogen-bond donors (Lipinski definition) is 0. The third-order valence-electron chi connectivity index (χ3n) is 1.82. The molecule has 0 amide bonds. The highest BCUT2D eigenvalue weighted by Gasteiger charge is 2.35. The molecule has 0 heterocycles. The largest absolute Gasteiger partial charge is 0.416 e. The van der Waals surface area contributed by atoms with Crippen LogP contribution >= 0.6 is 31.9 Å². The molecule has 0 spiro atoms. The van der Waals surface area contributed by atoms with E-state index in [0.29, 0.717) is 6.07 Å². The molecule has 0 saturated carbocycles. The fraction of sp³-hybridized carbons (Fsp3) is 0.250. The highest BCUT2D eigenvalue weighted by Crippen LogP contribution is 2.38. The van der Waals surface area contributed by atoms with Crippen molar-refractivity contribution in [2.45, 2.75) is 11.5 Å². The minimum absolute atomic E-state index is 0.0277. The lowest BCUT2D eigenvalue weighted by Gasteiger charge is -2.11. The van der Waals surface area contributed by atoms with Gasteiger partial charge in [-0.2, -0.15) is 13.2 Å². The molecule has 16 heavy (non-hydrogen) atoms. The van der Waals surface area contributed by atoms with Gasteiger partial charge >= 0.3 is 6.18 Å². The Morgan fingerprint density at radius 3 is 2.31 bits per heavy atom. The molecular weight excluding hydrogens is 359 g/mol. The fourth-order valence-electron chi connectivity index (χ4n) is 1.12. The van der Waals surface area contributed by atoms with Gasteiger partial charge in [0.05, 0.1) is 15.0 Å². The van der Waals surface area contributed by atoms with Gasteiger partial charge in [0.25, 0.3) is 5.69 Å². The molecule has 8 heteroatoms. The zero-order valence-corrected chi connectivity index (χ0v) is 10.7. The van der Waals surface area contributed by atoms with Gasteiger partial charge in [0.1, 0.15) is 0 Å². The molecule has 0 N–H and O–H groups in total. The molecule has 1 aromatic carbocycles. The van der Waals surface area contributed by atoms with Crippen LogP contribution in [0.4, 0.5) is 18.9 Å². The first-order valence-corrected chi connectivity index (χ1v) is 5.78. The number of alkyl halides is 4. The topological polar surface area (TPSA) is 43.1 Å². The highest BCUT2D eigenvalue weighted by atomic mass is 79.9. The third kappa shape index (κ3) is 2.73. The first-order valence-electron chi connectivity index (χ1n) is 3.87.